The van der Waals surface area contributed by atoms with E-state index in [0.717, 1.165) is 11.1 Å². The summed E-state index contributed by atoms with van der Waals surface area (Å²) in [7, 11) is 3.18. The number of nitrogens with zero attached hydrogens (tertiary/aromatic N) is 3. The lowest BCUT2D eigenvalue weighted by Gasteiger charge is -2.28. The Kier molecular flexibility index (Phi) is 4.80. The maximum Gasteiger partial charge on any atom is 0.451 e. The van der Waals surface area contributed by atoms with E-state index in [0.29, 0.717) is 43.2 Å². The highest BCUT2D eigenvalue weighted by Crippen LogP contribution is 2.29. The summed E-state index contributed by atoms with van der Waals surface area (Å²) in [6.45, 7) is 1.74. The summed E-state index contributed by atoms with van der Waals surface area (Å²) in [5, 5.41) is 0. The molecule has 0 saturated carbocycles. The van der Waals surface area contributed by atoms with Crippen LogP contribution in [-0.4, -0.2) is 35.6 Å². The number of hydrogen-bond donors (Lipinski definition) is 0. The van der Waals surface area contributed by atoms with E-state index < -0.39 is 12.0 Å². The molecule has 1 aliphatic rings. The topological polar surface area (TPSA) is 47.5 Å². The molecule has 5 nitrogen and oxygen atoms in total. The van der Waals surface area contributed by atoms with Crippen molar-refractivity contribution in [2.75, 3.05) is 20.8 Å². The zero-order valence-corrected chi connectivity index (χ0v) is 13.9. The van der Waals surface area contributed by atoms with Crippen LogP contribution in [0.1, 0.15) is 22.6 Å². The third-order valence-electron chi connectivity index (χ3n) is 4.15. The Morgan fingerprint density at radius 3 is 2.68 bits per heavy atom. The summed E-state index contributed by atoms with van der Waals surface area (Å²) in [4.78, 5) is 9.26. The van der Waals surface area contributed by atoms with Gasteiger partial charge in [0.15, 0.2) is 0 Å². The molecule has 0 spiro atoms. The molecule has 0 fully saturated rings. The van der Waals surface area contributed by atoms with Gasteiger partial charge in [0, 0.05) is 49.4 Å². The van der Waals surface area contributed by atoms with E-state index in [9.17, 15) is 13.2 Å². The van der Waals surface area contributed by atoms with Crippen molar-refractivity contribution >= 4 is 0 Å². The van der Waals surface area contributed by atoms with Gasteiger partial charge < -0.3 is 9.47 Å². The van der Waals surface area contributed by atoms with Gasteiger partial charge in [0.05, 0.1) is 19.9 Å². The van der Waals surface area contributed by atoms with Crippen molar-refractivity contribution in [3.8, 4) is 11.5 Å². The van der Waals surface area contributed by atoms with E-state index in [-0.39, 0.29) is 0 Å². The Morgan fingerprint density at radius 2 is 2.00 bits per heavy atom. The number of methoxy groups -OCH3 is 2. The van der Waals surface area contributed by atoms with E-state index >= 15 is 0 Å². The highest BCUT2D eigenvalue weighted by Gasteiger charge is 2.35. The fourth-order valence-electron chi connectivity index (χ4n) is 2.87. The molecule has 0 unspecified atom stereocenters. The number of hydrogen-bond acceptors (Lipinski definition) is 5. The second kappa shape index (κ2) is 6.87. The zero-order valence-electron chi connectivity index (χ0n) is 13.9. The van der Waals surface area contributed by atoms with Crippen molar-refractivity contribution in [3.63, 3.8) is 0 Å². The number of ether oxygens (including phenoxy) is 2. The summed E-state index contributed by atoms with van der Waals surface area (Å²) in [6, 6.07) is 5.59. The first kappa shape index (κ1) is 17.5. The van der Waals surface area contributed by atoms with Crippen LogP contribution < -0.4 is 9.47 Å². The van der Waals surface area contributed by atoms with Crippen LogP contribution in [0.4, 0.5) is 13.2 Å². The predicted molar refractivity (Wildman–Crippen MR) is 84.4 cm³/mol. The summed E-state index contributed by atoms with van der Waals surface area (Å²) < 4.78 is 48.7. The fraction of sp³-hybridized carbons (Fsp3) is 0.412. The Hall–Kier alpha value is -2.35. The lowest BCUT2D eigenvalue weighted by Crippen LogP contribution is -2.31. The molecule has 2 heterocycles. The molecule has 0 aliphatic carbocycles. The van der Waals surface area contributed by atoms with Crippen molar-refractivity contribution in [2.45, 2.75) is 25.7 Å². The summed E-state index contributed by atoms with van der Waals surface area (Å²) >= 11 is 0. The van der Waals surface area contributed by atoms with Gasteiger partial charge in [-0.3, -0.25) is 4.90 Å². The minimum absolute atomic E-state index is 0.458. The second-order valence-corrected chi connectivity index (χ2v) is 5.80. The van der Waals surface area contributed by atoms with Crippen LogP contribution >= 0.6 is 0 Å². The monoisotopic (exact) mass is 353 g/mol. The fourth-order valence-corrected chi connectivity index (χ4v) is 2.87. The Morgan fingerprint density at radius 1 is 1.20 bits per heavy atom. The lowest BCUT2D eigenvalue weighted by molar-refractivity contribution is -0.145. The summed E-state index contributed by atoms with van der Waals surface area (Å²) in [5.74, 6) is 0.350. The number of alkyl halides is 3. The molecule has 1 aromatic heterocycles. The van der Waals surface area contributed by atoms with Gasteiger partial charge in [0.2, 0.25) is 5.82 Å². The number of benzene rings is 1. The molecular weight excluding hydrogens is 335 g/mol. The van der Waals surface area contributed by atoms with Crippen molar-refractivity contribution < 1.29 is 22.6 Å². The van der Waals surface area contributed by atoms with Gasteiger partial charge >= 0.3 is 6.18 Å². The Bertz CT molecular complexity index is 765. The van der Waals surface area contributed by atoms with Crippen LogP contribution in [0.5, 0.6) is 11.5 Å². The van der Waals surface area contributed by atoms with Gasteiger partial charge in [-0.05, 0) is 6.07 Å². The zero-order chi connectivity index (χ0) is 18.0. The van der Waals surface area contributed by atoms with Crippen LogP contribution in [0.3, 0.4) is 0 Å². The number of halogens is 3. The third-order valence-corrected chi connectivity index (χ3v) is 4.15. The molecule has 3 rings (SSSR count). The van der Waals surface area contributed by atoms with E-state index in [4.69, 9.17) is 9.47 Å². The second-order valence-electron chi connectivity index (χ2n) is 5.80. The molecule has 1 aromatic carbocycles. The van der Waals surface area contributed by atoms with Crippen molar-refractivity contribution in [1.82, 2.24) is 14.9 Å². The van der Waals surface area contributed by atoms with Crippen molar-refractivity contribution in [3.05, 3.63) is 47.0 Å². The van der Waals surface area contributed by atoms with Crippen LogP contribution in [0.15, 0.2) is 24.4 Å². The molecule has 25 heavy (non-hydrogen) atoms. The predicted octanol–water partition coefficient (Wildman–Crippen LogP) is 3.07. The minimum atomic E-state index is -4.51. The lowest BCUT2D eigenvalue weighted by atomic mass is 10.1. The number of fused-ring (bicyclic) bond motifs is 1. The van der Waals surface area contributed by atoms with Gasteiger partial charge in [-0.1, -0.05) is 6.07 Å². The highest BCUT2D eigenvalue weighted by atomic mass is 19.4. The standard InChI is InChI=1S/C17H18F3N3O2/c1-24-13-4-3-11(15(7-13)25-2)9-23-6-5-14-12(10-23)8-21-16(22-14)17(18,19)20/h3-4,7-8H,5-6,9-10H2,1-2H3. The normalized spacial score (nSPS) is 14.9. The van der Waals surface area contributed by atoms with E-state index in [1.54, 1.807) is 14.2 Å². The van der Waals surface area contributed by atoms with E-state index in [2.05, 4.69) is 14.9 Å². The van der Waals surface area contributed by atoms with Crippen LogP contribution in [0.25, 0.3) is 0 Å². The molecule has 0 atom stereocenters. The molecule has 1 aliphatic heterocycles. The van der Waals surface area contributed by atoms with Crippen molar-refractivity contribution in [2.24, 2.45) is 0 Å². The van der Waals surface area contributed by atoms with Gasteiger partial charge in [0.1, 0.15) is 11.5 Å². The largest absolute Gasteiger partial charge is 0.497 e. The van der Waals surface area contributed by atoms with Gasteiger partial charge in [-0.15, -0.1) is 0 Å². The average molecular weight is 353 g/mol. The molecule has 0 saturated heterocycles. The molecular formula is C17H18F3N3O2. The summed E-state index contributed by atoms with van der Waals surface area (Å²) in [6.07, 6.45) is -2.77. The molecule has 0 N–H and O–H groups in total. The maximum absolute atomic E-state index is 12.7. The third kappa shape index (κ3) is 3.84. The molecule has 134 valence electrons. The Balaban J connectivity index is 1.75. The first-order valence-electron chi connectivity index (χ1n) is 7.76. The van der Waals surface area contributed by atoms with Crippen LogP contribution in [-0.2, 0) is 25.7 Å². The van der Waals surface area contributed by atoms with Crippen molar-refractivity contribution in [1.29, 1.82) is 0 Å². The molecule has 0 radical (unpaired) electrons. The SMILES string of the molecule is COc1ccc(CN2CCc3nc(C(F)(F)F)ncc3C2)c(OC)c1. The van der Waals surface area contributed by atoms with Crippen LogP contribution in [0, 0.1) is 0 Å². The molecule has 2 aromatic rings. The summed E-state index contributed by atoms with van der Waals surface area (Å²) in [5.41, 5.74) is 2.19. The molecule has 0 amide bonds. The first-order valence-corrected chi connectivity index (χ1v) is 7.76. The van der Waals surface area contributed by atoms with Gasteiger partial charge in [-0.25, -0.2) is 9.97 Å². The van der Waals surface area contributed by atoms with E-state index in [1.807, 2.05) is 18.2 Å². The smallest absolute Gasteiger partial charge is 0.451 e. The maximum atomic E-state index is 12.7. The minimum Gasteiger partial charge on any atom is -0.497 e. The van der Waals surface area contributed by atoms with Gasteiger partial charge in [-0.2, -0.15) is 13.2 Å². The quantitative estimate of drug-likeness (QED) is 0.845. The average Bonchev–Trinajstić information content (AvgIpc) is 2.60. The number of aromatic nitrogens is 2. The highest BCUT2D eigenvalue weighted by molar-refractivity contribution is 5.40. The van der Waals surface area contributed by atoms with Crippen LogP contribution in [0.2, 0.25) is 0 Å². The van der Waals surface area contributed by atoms with E-state index in [1.165, 1.54) is 6.20 Å². The number of rotatable bonds is 4. The Labute approximate surface area is 143 Å². The molecule has 8 heteroatoms. The molecule has 0 bridgehead atoms. The van der Waals surface area contributed by atoms with Gasteiger partial charge in [0.25, 0.3) is 0 Å². The first-order chi connectivity index (χ1) is 11.9.